The van der Waals surface area contributed by atoms with Crippen molar-refractivity contribution in [3.63, 3.8) is 0 Å². The average molecular weight is 279 g/mol. The van der Waals surface area contributed by atoms with Gasteiger partial charge in [-0.2, -0.15) is 0 Å². The lowest BCUT2D eigenvalue weighted by Gasteiger charge is -2.08. The van der Waals surface area contributed by atoms with Gasteiger partial charge < -0.3 is 10.3 Å². The van der Waals surface area contributed by atoms with Crippen LogP contribution < -0.4 is 5.73 Å². The van der Waals surface area contributed by atoms with Crippen LogP contribution in [0.1, 0.15) is 43.5 Å². The van der Waals surface area contributed by atoms with Gasteiger partial charge in [-0.1, -0.05) is 37.1 Å². The van der Waals surface area contributed by atoms with Crippen molar-refractivity contribution >= 4 is 5.82 Å². The third-order valence-corrected chi connectivity index (χ3v) is 4.04. The van der Waals surface area contributed by atoms with Crippen LogP contribution in [0.2, 0.25) is 0 Å². The fraction of sp³-hybridized carbons (Fsp3) is 0.389. The predicted octanol–water partition coefficient (Wildman–Crippen LogP) is 3.60. The first-order valence-corrected chi connectivity index (χ1v) is 7.63. The van der Waals surface area contributed by atoms with E-state index in [1.165, 1.54) is 24.0 Å². The Labute approximate surface area is 126 Å². The molecule has 1 fully saturated rings. The SMILES string of the molecule is C#CCn1c(CCC)nc(-c2ccccc2C2CC2)c1N. The number of nitrogens with zero attached hydrogens (tertiary/aromatic N) is 2. The molecule has 0 atom stereocenters. The molecule has 0 amide bonds. The second-order valence-corrected chi connectivity index (χ2v) is 5.66. The monoisotopic (exact) mass is 279 g/mol. The van der Waals surface area contributed by atoms with Crippen molar-refractivity contribution in [3.8, 4) is 23.6 Å². The van der Waals surface area contributed by atoms with Crippen LogP contribution in [0.5, 0.6) is 0 Å². The topological polar surface area (TPSA) is 43.8 Å². The highest BCUT2D eigenvalue weighted by atomic mass is 15.1. The number of rotatable bonds is 5. The Kier molecular flexibility index (Phi) is 3.70. The van der Waals surface area contributed by atoms with Crippen molar-refractivity contribution in [1.29, 1.82) is 0 Å². The Morgan fingerprint density at radius 2 is 2.14 bits per heavy atom. The number of aromatic nitrogens is 2. The standard InChI is InChI=1S/C18H21N3/c1-3-7-16-20-17(18(19)21(16)12-4-2)15-9-6-5-8-14(15)13-10-11-13/h2,5-6,8-9,13H,3,7,10-12,19H2,1H3. The van der Waals surface area contributed by atoms with Crippen molar-refractivity contribution in [2.24, 2.45) is 0 Å². The van der Waals surface area contributed by atoms with Gasteiger partial charge in [0.2, 0.25) is 0 Å². The van der Waals surface area contributed by atoms with Gasteiger partial charge in [-0.3, -0.25) is 0 Å². The van der Waals surface area contributed by atoms with E-state index < -0.39 is 0 Å². The number of benzene rings is 1. The molecule has 0 aliphatic heterocycles. The van der Waals surface area contributed by atoms with Crippen molar-refractivity contribution in [2.45, 2.75) is 45.1 Å². The van der Waals surface area contributed by atoms with Gasteiger partial charge in [-0.25, -0.2) is 4.98 Å². The molecule has 2 aromatic rings. The summed E-state index contributed by atoms with van der Waals surface area (Å²) in [5.41, 5.74) is 9.79. The van der Waals surface area contributed by atoms with Gasteiger partial charge in [-0.15, -0.1) is 6.42 Å². The summed E-state index contributed by atoms with van der Waals surface area (Å²) >= 11 is 0. The first-order valence-electron chi connectivity index (χ1n) is 7.63. The second kappa shape index (κ2) is 5.65. The fourth-order valence-electron chi connectivity index (χ4n) is 2.86. The maximum atomic E-state index is 6.35. The first kappa shape index (κ1) is 13.8. The lowest BCUT2D eigenvalue weighted by atomic mass is 10.0. The summed E-state index contributed by atoms with van der Waals surface area (Å²) in [5, 5.41) is 0. The number of aryl methyl sites for hydroxylation is 1. The number of terminal acetylenes is 1. The summed E-state index contributed by atoms with van der Waals surface area (Å²) < 4.78 is 1.97. The van der Waals surface area contributed by atoms with Gasteiger partial charge >= 0.3 is 0 Å². The van der Waals surface area contributed by atoms with E-state index in [2.05, 4.69) is 37.1 Å². The Hall–Kier alpha value is -2.21. The van der Waals surface area contributed by atoms with E-state index in [9.17, 15) is 0 Å². The van der Waals surface area contributed by atoms with Gasteiger partial charge in [-0.05, 0) is 30.7 Å². The van der Waals surface area contributed by atoms with Crippen molar-refractivity contribution in [3.05, 3.63) is 35.7 Å². The molecule has 1 heterocycles. The van der Waals surface area contributed by atoms with Crippen LogP contribution in [0, 0.1) is 12.3 Å². The number of nitrogen functional groups attached to an aromatic ring is 1. The van der Waals surface area contributed by atoms with E-state index in [1.54, 1.807) is 0 Å². The largest absolute Gasteiger partial charge is 0.383 e. The molecule has 1 saturated carbocycles. The lowest BCUT2D eigenvalue weighted by molar-refractivity contribution is 0.733. The van der Waals surface area contributed by atoms with Gasteiger partial charge in [0.15, 0.2) is 0 Å². The molecule has 2 N–H and O–H groups in total. The quantitative estimate of drug-likeness (QED) is 0.850. The maximum Gasteiger partial charge on any atom is 0.132 e. The van der Waals surface area contributed by atoms with E-state index in [1.807, 2.05) is 4.57 Å². The van der Waals surface area contributed by atoms with Crippen molar-refractivity contribution in [1.82, 2.24) is 9.55 Å². The summed E-state index contributed by atoms with van der Waals surface area (Å²) in [6.07, 6.45) is 9.94. The molecule has 0 saturated heterocycles. The molecule has 1 aromatic heterocycles. The number of anilines is 1. The fourth-order valence-corrected chi connectivity index (χ4v) is 2.86. The summed E-state index contributed by atoms with van der Waals surface area (Å²) in [6.45, 7) is 2.63. The molecule has 3 heteroatoms. The number of nitrogens with two attached hydrogens (primary N) is 1. The Bertz CT molecular complexity index is 687. The summed E-state index contributed by atoms with van der Waals surface area (Å²) in [7, 11) is 0. The molecule has 21 heavy (non-hydrogen) atoms. The number of imidazole rings is 1. The molecule has 0 bridgehead atoms. The van der Waals surface area contributed by atoms with E-state index in [4.69, 9.17) is 17.1 Å². The van der Waals surface area contributed by atoms with Crippen LogP contribution in [0.15, 0.2) is 24.3 Å². The lowest BCUT2D eigenvalue weighted by Crippen LogP contribution is -2.06. The highest BCUT2D eigenvalue weighted by Crippen LogP contribution is 2.45. The minimum Gasteiger partial charge on any atom is -0.383 e. The zero-order chi connectivity index (χ0) is 14.8. The number of hydrogen-bond donors (Lipinski definition) is 1. The average Bonchev–Trinajstić information content (AvgIpc) is 3.29. The highest BCUT2D eigenvalue weighted by Gasteiger charge is 2.28. The molecule has 0 radical (unpaired) electrons. The minimum absolute atomic E-state index is 0.486. The molecule has 1 aliphatic rings. The van der Waals surface area contributed by atoms with Crippen LogP contribution in [0.25, 0.3) is 11.3 Å². The molecule has 1 aromatic carbocycles. The Morgan fingerprint density at radius 1 is 1.38 bits per heavy atom. The van der Waals surface area contributed by atoms with Gasteiger partial charge in [0.1, 0.15) is 17.3 Å². The molecule has 1 aliphatic carbocycles. The van der Waals surface area contributed by atoms with Crippen LogP contribution in [0.4, 0.5) is 5.82 Å². The first-order chi connectivity index (χ1) is 10.3. The molecule has 3 rings (SSSR count). The van der Waals surface area contributed by atoms with Crippen molar-refractivity contribution < 1.29 is 0 Å². The minimum atomic E-state index is 0.486. The van der Waals surface area contributed by atoms with Gasteiger partial charge in [0.05, 0.1) is 6.54 Å². The van der Waals surface area contributed by atoms with E-state index in [0.29, 0.717) is 18.3 Å². The Morgan fingerprint density at radius 3 is 2.81 bits per heavy atom. The third-order valence-electron chi connectivity index (χ3n) is 4.04. The normalized spacial score (nSPS) is 14.1. The molecule has 108 valence electrons. The van der Waals surface area contributed by atoms with Gasteiger partial charge in [0, 0.05) is 12.0 Å². The maximum absolute atomic E-state index is 6.35. The van der Waals surface area contributed by atoms with Crippen LogP contribution in [-0.2, 0) is 13.0 Å². The smallest absolute Gasteiger partial charge is 0.132 e. The molecule has 0 spiro atoms. The summed E-state index contributed by atoms with van der Waals surface area (Å²) in [6, 6.07) is 8.48. The summed E-state index contributed by atoms with van der Waals surface area (Å²) in [4.78, 5) is 4.80. The second-order valence-electron chi connectivity index (χ2n) is 5.66. The molecular weight excluding hydrogens is 258 g/mol. The zero-order valence-corrected chi connectivity index (χ0v) is 12.5. The van der Waals surface area contributed by atoms with E-state index in [-0.39, 0.29) is 0 Å². The Balaban J connectivity index is 2.10. The summed E-state index contributed by atoms with van der Waals surface area (Å²) in [5.74, 6) is 5.05. The van der Waals surface area contributed by atoms with Crippen LogP contribution in [-0.4, -0.2) is 9.55 Å². The number of hydrogen-bond acceptors (Lipinski definition) is 2. The molecule has 3 nitrogen and oxygen atoms in total. The zero-order valence-electron chi connectivity index (χ0n) is 12.5. The van der Waals surface area contributed by atoms with Gasteiger partial charge in [0.25, 0.3) is 0 Å². The van der Waals surface area contributed by atoms with Crippen molar-refractivity contribution in [2.75, 3.05) is 5.73 Å². The third kappa shape index (κ3) is 2.54. The van der Waals surface area contributed by atoms with Crippen LogP contribution in [0.3, 0.4) is 0 Å². The van der Waals surface area contributed by atoms with Crippen LogP contribution >= 0.6 is 0 Å². The molecule has 0 unspecified atom stereocenters. The molecular formula is C18H21N3. The van der Waals surface area contributed by atoms with E-state index in [0.717, 1.165) is 24.4 Å². The highest BCUT2D eigenvalue weighted by molar-refractivity contribution is 5.74. The predicted molar refractivity (Wildman–Crippen MR) is 86.9 cm³/mol. The van der Waals surface area contributed by atoms with E-state index >= 15 is 0 Å².